The highest BCUT2D eigenvalue weighted by Gasteiger charge is 2.09. The smallest absolute Gasteiger partial charge is 0.256 e. The lowest BCUT2D eigenvalue weighted by Crippen LogP contribution is -2.12. The van der Waals surface area contributed by atoms with E-state index in [0.29, 0.717) is 21.1 Å². The molecule has 6 nitrogen and oxygen atoms in total. The highest BCUT2D eigenvalue weighted by molar-refractivity contribution is 9.10. The lowest BCUT2D eigenvalue weighted by atomic mass is 10.2. The van der Waals surface area contributed by atoms with Gasteiger partial charge in [0.05, 0.1) is 22.6 Å². The second-order valence-electron chi connectivity index (χ2n) is 3.91. The number of carbonyl (C=O) groups is 1. The predicted molar refractivity (Wildman–Crippen MR) is 81.7 cm³/mol. The lowest BCUT2D eigenvalue weighted by Gasteiger charge is -2.03. The van der Waals surface area contributed by atoms with Crippen molar-refractivity contribution >= 4 is 54.3 Å². The van der Waals surface area contributed by atoms with Crippen LogP contribution in [0.15, 0.2) is 35.2 Å². The van der Waals surface area contributed by atoms with E-state index in [-0.39, 0.29) is 5.91 Å². The first-order valence-electron chi connectivity index (χ1n) is 5.57. The largest absolute Gasteiger partial charge is 0.375 e. The number of fused-ring (bicyclic) bond motifs is 1. The van der Waals surface area contributed by atoms with E-state index in [9.17, 15) is 4.79 Å². The van der Waals surface area contributed by atoms with Gasteiger partial charge in [0.25, 0.3) is 5.91 Å². The van der Waals surface area contributed by atoms with Crippen LogP contribution in [0.3, 0.4) is 0 Å². The zero-order valence-electron chi connectivity index (χ0n) is 10.0. The molecule has 1 amide bonds. The number of hydrogen-bond donors (Lipinski definition) is 2. The number of nitrogens with one attached hydrogen (secondary N) is 1. The molecular weight excluding hydrogens is 342 g/mol. The number of nitrogens with two attached hydrogens (primary N) is 1. The number of nitrogen functional groups attached to an aromatic ring is 1. The van der Waals surface area contributed by atoms with Gasteiger partial charge in [0.2, 0.25) is 0 Å². The van der Waals surface area contributed by atoms with Crippen LogP contribution in [0.4, 0.5) is 10.9 Å². The molecule has 0 spiro atoms. The van der Waals surface area contributed by atoms with E-state index in [2.05, 4.69) is 36.2 Å². The number of anilines is 2. The Hall–Kier alpha value is -2.06. The number of halogens is 1. The molecule has 3 N–H and O–H groups in total. The maximum absolute atomic E-state index is 12.1. The molecule has 0 saturated heterocycles. The SMILES string of the molecule is Nc1nc2ccc(C(=O)Nc3cnc(Br)cn3)cc2s1. The topological polar surface area (TPSA) is 93.8 Å². The zero-order valence-corrected chi connectivity index (χ0v) is 12.4. The summed E-state index contributed by atoms with van der Waals surface area (Å²) in [5.74, 6) is 0.137. The van der Waals surface area contributed by atoms with Crippen molar-refractivity contribution in [2.45, 2.75) is 0 Å². The van der Waals surface area contributed by atoms with Crippen molar-refractivity contribution in [3.8, 4) is 0 Å². The quantitative estimate of drug-likeness (QED) is 0.741. The maximum Gasteiger partial charge on any atom is 0.256 e. The Morgan fingerprint density at radius 1 is 1.30 bits per heavy atom. The second-order valence-corrected chi connectivity index (χ2v) is 5.79. The molecule has 20 heavy (non-hydrogen) atoms. The third kappa shape index (κ3) is 2.61. The van der Waals surface area contributed by atoms with Crippen molar-refractivity contribution in [3.05, 3.63) is 40.8 Å². The standard InChI is InChI=1S/C12H8BrN5OS/c13-9-4-16-10(5-15-9)18-11(19)6-1-2-7-8(3-6)20-12(14)17-7/h1-5H,(H2,14,17)(H,16,18,19). The molecular formula is C12H8BrN5OS. The summed E-state index contributed by atoms with van der Waals surface area (Å²) in [7, 11) is 0. The number of thiazole rings is 1. The van der Waals surface area contributed by atoms with E-state index in [0.717, 1.165) is 10.2 Å². The van der Waals surface area contributed by atoms with Gasteiger partial charge in [-0.25, -0.2) is 15.0 Å². The van der Waals surface area contributed by atoms with E-state index in [1.165, 1.54) is 23.7 Å². The van der Waals surface area contributed by atoms with Gasteiger partial charge in [0.1, 0.15) is 4.60 Å². The second kappa shape index (κ2) is 5.14. The Labute approximate surface area is 126 Å². The molecule has 0 atom stereocenters. The Bertz CT molecular complexity index is 786. The van der Waals surface area contributed by atoms with E-state index in [4.69, 9.17) is 5.73 Å². The normalized spacial score (nSPS) is 10.7. The first kappa shape index (κ1) is 12.9. The molecule has 0 aliphatic carbocycles. The number of benzene rings is 1. The maximum atomic E-state index is 12.1. The van der Waals surface area contributed by atoms with Crippen LogP contribution in [-0.4, -0.2) is 20.9 Å². The third-order valence-corrected chi connectivity index (χ3v) is 3.79. The van der Waals surface area contributed by atoms with E-state index < -0.39 is 0 Å². The molecule has 2 aromatic heterocycles. The summed E-state index contributed by atoms with van der Waals surface area (Å²) in [5.41, 5.74) is 6.94. The summed E-state index contributed by atoms with van der Waals surface area (Å²) in [6.45, 7) is 0. The molecule has 0 bridgehead atoms. The molecule has 0 aliphatic heterocycles. The minimum Gasteiger partial charge on any atom is -0.375 e. The molecule has 3 rings (SSSR count). The Morgan fingerprint density at radius 2 is 2.15 bits per heavy atom. The number of amides is 1. The van der Waals surface area contributed by atoms with Crippen LogP contribution >= 0.6 is 27.3 Å². The van der Waals surface area contributed by atoms with E-state index in [1.54, 1.807) is 18.2 Å². The molecule has 0 aliphatic rings. The fraction of sp³-hybridized carbons (Fsp3) is 0. The van der Waals surface area contributed by atoms with Crippen molar-refractivity contribution in [1.29, 1.82) is 0 Å². The van der Waals surface area contributed by atoms with Gasteiger partial charge >= 0.3 is 0 Å². The van der Waals surface area contributed by atoms with Gasteiger partial charge in [-0.3, -0.25) is 4.79 Å². The Balaban J connectivity index is 1.86. The molecule has 8 heteroatoms. The summed E-state index contributed by atoms with van der Waals surface area (Å²) >= 11 is 4.53. The van der Waals surface area contributed by atoms with Crippen LogP contribution in [0.2, 0.25) is 0 Å². The van der Waals surface area contributed by atoms with Gasteiger partial charge < -0.3 is 11.1 Å². The van der Waals surface area contributed by atoms with Crippen LogP contribution in [0.1, 0.15) is 10.4 Å². The van der Waals surface area contributed by atoms with Gasteiger partial charge in [-0.15, -0.1) is 0 Å². The predicted octanol–water partition coefficient (Wildman–Crippen LogP) is 2.68. The van der Waals surface area contributed by atoms with Gasteiger partial charge in [-0.05, 0) is 34.1 Å². The van der Waals surface area contributed by atoms with Gasteiger partial charge in [-0.2, -0.15) is 0 Å². The Kier molecular flexibility index (Phi) is 3.33. The fourth-order valence-corrected chi connectivity index (χ4v) is 2.63. The van der Waals surface area contributed by atoms with Gasteiger partial charge in [0.15, 0.2) is 10.9 Å². The van der Waals surface area contributed by atoms with Gasteiger partial charge in [0, 0.05) is 5.56 Å². The number of rotatable bonds is 2. The van der Waals surface area contributed by atoms with E-state index in [1.807, 2.05) is 0 Å². The zero-order chi connectivity index (χ0) is 14.1. The van der Waals surface area contributed by atoms with Crippen molar-refractivity contribution in [3.63, 3.8) is 0 Å². The molecule has 0 saturated carbocycles. The van der Waals surface area contributed by atoms with Crippen LogP contribution in [0.25, 0.3) is 10.2 Å². The molecule has 2 heterocycles. The minimum absolute atomic E-state index is 0.254. The number of nitrogens with zero attached hydrogens (tertiary/aromatic N) is 3. The number of carbonyl (C=O) groups excluding carboxylic acids is 1. The van der Waals surface area contributed by atoms with Crippen molar-refractivity contribution < 1.29 is 4.79 Å². The van der Waals surface area contributed by atoms with Crippen LogP contribution in [0, 0.1) is 0 Å². The van der Waals surface area contributed by atoms with Crippen molar-refractivity contribution in [2.24, 2.45) is 0 Å². The first-order valence-corrected chi connectivity index (χ1v) is 7.18. The number of aromatic nitrogens is 3. The third-order valence-electron chi connectivity index (χ3n) is 2.53. The summed E-state index contributed by atoms with van der Waals surface area (Å²) in [6.07, 6.45) is 2.99. The molecule has 0 unspecified atom stereocenters. The highest BCUT2D eigenvalue weighted by Crippen LogP contribution is 2.24. The van der Waals surface area contributed by atoms with Gasteiger partial charge in [-0.1, -0.05) is 11.3 Å². The molecule has 100 valence electrons. The summed E-state index contributed by atoms with van der Waals surface area (Å²) in [5, 5.41) is 3.16. The average Bonchev–Trinajstić information content (AvgIpc) is 2.80. The summed E-state index contributed by atoms with van der Waals surface area (Å²) < 4.78 is 1.48. The van der Waals surface area contributed by atoms with Crippen molar-refractivity contribution in [2.75, 3.05) is 11.1 Å². The molecule has 0 fully saturated rings. The monoisotopic (exact) mass is 349 g/mol. The summed E-state index contributed by atoms with van der Waals surface area (Å²) in [6, 6.07) is 5.22. The molecule has 3 aromatic rings. The first-order chi connectivity index (χ1) is 9.61. The molecule has 0 radical (unpaired) electrons. The van der Waals surface area contributed by atoms with E-state index >= 15 is 0 Å². The van der Waals surface area contributed by atoms with Crippen LogP contribution < -0.4 is 11.1 Å². The fourth-order valence-electron chi connectivity index (χ4n) is 1.65. The lowest BCUT2D eigenvalue weighted by molar-refractivity contribution is 0.102. The highest BCUT2D eigenvalue weighted by atomic mass is 79.9. The Morgan fingerprint density at radius 3 is 2.90 bits per heavy atom. The minimum atomic E-state index is -0.254. The van der Waals surface area contributed by atoms with Crippen LogP contribution in [0.5, 0.6) is 0 Å². The van der Waals surface area contributed by atoms with Crippen LogP contribution in [-0.2, 0) is 0 Å². The average molecular weight is 350 g/mol. The number of hydrogen-bond acceptors (Lipinski definition) is 6. The summed E-state index contributed by atoms with van der Waals surface area (Å²) in [4.78, 5) is 24.3. The molecule has 1 aromatic carbocycles. The van der Waals surface area contributed by atoms with Crippen molar-refractivity contribution in [1.82, 2.24) is 15.0 Å².